The molecule has 0 aromatic carbocycles. The maximum absolute atomic E-state index is 6.36. The minimum Gasteiger partial charge on any atom is -0.328 e. The van der Waals surface area contributed by atoms with Crippen LogP contribution in [0.25, 0.3) is 11.5 Å². The maximum atomic E-state index is 6.36. The number of nitrogens with zero attached hydrogens (tertiary/aromatic N) is 4. The van der Waals surface area contributed by atoms with E-state index in [-0.39, 0.29) is 0 Å². The van der Waals surface area contributed by atoms with Crippen LogP contribution in [-0.2, 0) is 6.54 Å². The highest BCUT2D eigenvalue weighted by Gasteiger charge is 2.24. The minimum absolute atomic E-state index is 0.527. The summed E-state index contributed by atoms with van der Waals surface area (Å²) in [4.78, 5) is 13.5. The highest BCUT2D eigenvalue weighted by Crippen LogP contribution is 2.37. The van der Waals surface area contributed by atoms with Crippen molar-refractivity contribution >= 4 is 34.2 Å². The Labute approximate surface area is 143 Å². The first-order valence-electron chi connectivity index (χ1n) is 7.44. The topological polar surface area (TPSA) is 43.6 Å². The predicted octanol–water partition coefficient (Wildman–Crippen LogP) is 4.67. The minimum atomic E-state index is 0.527. The molecule has 2 aromatic rings. The van der Waals surface area contributed by atoms with Gasteiger partial charge in [-0.3, -0.25) is 0 Å². The largest absolute Gasteiger partial charge is 0.328 e. The van der Waals surface area contributed by atoms with Crippen LogP contribution >= 0.6 is 34.2 Å². The van der Waals surface area contributed by atoms with Crippen LogP contribution in [0.4, 0.5) is 0 Å². The normalized spacial score (nSPS) is 15.8. The van der Waals surface area contributed by atoms with E-state index in [0.717, 1.165) is 27.9 Å². The third-order valence-electron chi connectivity index (χ3n) is 3.98. The Balaban J connectivity index is 2.04. The van der Waals surface area contributed by atoms with Crippen LogP contribution in [0, 0.1) is 3.57 Å². The number of aromatic nitrogens is 4. The van der Waals surface area contributed by atoms with Crippen LogP contribution in [0.5, 0.6) is 0 Å². The molecule has 0 atom stereocenters. The lowest BCUT2D eigenvalue weighted by Crippen LogP contribution is -2.07. The van der Waals surface area contributed by atoms with E-state index in [9.17, 15) is 0 Å². The van der Waals surface area contributed by atoms with E-state index in [0.29, 0.717) is 16.9 Å². The molecule has 1 aliphatic carbocycles. The summed E-state index contributed by atoms with van der Waals surface area (Å²) >= 11 is 8.63. The second-order valence-electron chi connectivity index (χ2n) is 5.49. The molecule has 0 unspecified atom stereocenters. The molecule has 0 N–H and O–H groups in total. The molecular formula is C15H18ClIN4. The van der Waals surface area contributed by atoms with E-state index >= 15 is 0 Å². The van der Waals surface area contributed by atoms with E-state index in [1.165, 1.54) is 25.7 Å². The van der Waals surface area contributed by atoms with Gasteiger partial charge in [0.25, 0.3) is 0 Å². The fourth-order valence-corrected chi connectivity index (χ4v) is 3.80. The van der Waals surface area contributed by atoms with E-state index < -0.39 is 0 Å². The standard InChI is InChI=1S/C15H18ClIN4/c1-2-7-21-9-18-8-11(21)15-19-13(10-5-3-4-6-10)12(17)14(16)20-15/h8-10H,2-7H2,1H3. The number of halogens is 2. The fourth-order valence-electron chi connectivity index (χ4n) is 2.95. The molecule has 6 heteroatoms. The van der Waals surface area contributed by atoms with E-state index in [4.69, 9.17) is 16.6 Å². The van der Waals surface area contributed by atoms with Crippen LogP contribution in [-0.4, -0.2) is 19.5 Å². The lowest BCUT2D eigenvalue weighted by molar-refractivity contribution is 0.672. The first-order valence-corrected chi connectivity index (χ1v) is 8.89. The average molecular weight is 417 g/mol. The van der Waals surface area contributed by atoms with Gasteiger partial charge in [-0.15, -0.1) is 0 Å². The predicted molar refractivity (Wildman–Crippen MR) is 92.5 cm³/mol. The summed E-state index contributed by atoms with van der Waals surface area (Å²) in [6.07, 6.45) is 9.69. The van der Waals surface area contributed by atoms with E-state index in [1.807, 2.05) is 12.5 Å². The SMILES string of the molecule is CCCn1cncc1-c1nc(Cl)c(I)c(C2CCCC2)n1. The monoisotopic (exact) mass is 416 g/mol. The molecule has 112 valence electrons. The Kier molecular flexibility index (Phi) is 4.78. The van der Waals surface area contributed by atoms with Gasteiger partial charge in [0.05, 0.1) is 21.8 Å². The Morgan fingerprint density at radius 3 is 2.81 bits per heavy atom. The molecule has 0 amide bonds. The molecule has 0 bridgehead atoms. The summed E-state index contributed by atoms with van der Waals surface area (Å²) in [7, 11) is 0. The van der Waals surface area contributed by atoms with Crippen LogP contribution in [0.2, 0.25) is 5.15 Å². The zero-order valence-electron chi connectivity index (χ0n) is 12.0. The molecule has 1 aliphatic rings. The van der Waals surface area contributed by atoms with Gasteiger partial charge in [0.2, 0.25) is 0 Å². The molecule has 0 saturated heterocycles. The zero-order valence-corrected chi connectivity index (χ0v) is 14.9. The summed E-state index contributed by atoms with van der Waals surface area (Å²) in [5.74, 6) is 1.23. The molecular weight excluding hydrogens is 399 g/mol. The van der Waals surface area contributed by atoms with Crippen molar-refractivity contribution in [2.45, 2.75) is 51.5 Å². The molecule has 0 aliphatic heterocycles. The maximum Gasteiger partial charge on any atom is 0.179 e. The van der Waals surface area contributed by atoms with Gasteiger partial charge < -0.3 is 4.57 Å². The quantitative estimate of drug-likeness (QED) is 0.537. The average Bonchev–Trinajstić information content (AvgIpc) is 3.13. The van der Waals surface area contributed by atoms with Gasteiger partial charge in [0, 0.05) is 12.5 Å². The second kappa shape index (κ2) is 6.60. The summed E-state index contributed by atoms with van der Waals surface area (Å²) in [6, 6.07) is 0. The second-order valence-corrected chi connectivity index (χ2v) is 6.93. The molecule has 2 aromatic heterocycles. The summed E-state index contributed by atoms with van der Waals surface area (Å²) in [5, 5.41) is 0.562. The smallest absolute Gasteiger partial charge is 0.179 e. The summed E-state index contributed by atoms with van der Waals surface area (Å²) in [5.41, 5.74) is 2.07. The first-order chi connectivity index (χ1) is 10.2. The molecule has 0 radical (unpaired) electrons. The Morgan fingerprint density at radius 2 is 2.10 bits per heavy atom. The van der Waals surface area contributed by atoms with Gasteiger partial charge >= 0.3 is 0 Å². The molecule has 3 rings (SSSR count). The van der Waals surface area contributed by atoms with Gasteiger partial charge in [-0.1, -0.05) is 31.4 Å². The Hall–Kier alpha value is -0.690. The zero-order chi connectivity index (χ0) is 14.8. The molecule has 1 saturated carbocycles. The number of hydrogen-bond donors (Lipinski definition) is 0. The van der Waals surface area contributed by atoms with Crippen molar-refractivity contribution in [3.63, 3.8) is 0 Å². The first kappa shape index (κ1) is 15.2. The summed E-state index contributed by atoms with van der Waals surface area (Å²) in [6.45, 7) is 3.07. The van der Waals surface area contributed by atoms with Crippen LogP contribution in [0.1, 0.15) is 50.6 Å². The van der Waals surface area contributed by atoms with Gasteiger partial charge in [-0.05, 0) is 41.9 Å². The highest BCUT2D eigenvalue weighted by molar-refractivity contribution is 14.1. The van der Waals surface area contributed by atoms with Crippen LogP contribution in [0.3, 0.4) is 0 Å². The molecule has 1 fully saturated rings. The number of hydrogen-bond acceptors (Lipinski definition) is 3. The third-order valence-corrected chi connectivity index (χ3v) is 5.64. The number of aryl methyl sites for hydroxylation is 1. The van der Waals surface area contributed by atoms with Crippen molar-refractivity contribution in [3.8, 4) is 11.5 Å². The molecule has 2 heterocycles. The van der Waals surface area contributed by atoms with Crippen molar-refractivity contribution in [1.29, 1.82) is 0 Å². The van der Waals surface area contributed by atoms with Gasteiger partial charge in [0.15, 0.2) is 5.82 Å². The van der Waals surface area contributed by atoms with Crippen molar-refractivity contribution in [1.82, 2.24) is 19.5 Å². The van der Waals surface area contributed by atoms with Crippen molar-refractivity contribution < 1.29 is 0 Å². The highest BCUT2D eigenvalue weighted by atomic mass is 127. The summed E-state index contributed by atoms with van der Waals surface area (Å²) < 4.78 is 3.10. The van der Waals surface area contributed by atoms with E-state index in [2.05, 4.69) is 44.0 Å². The fraction of sp³-hybridized carbons (Fsp3) is 0.533. The van der Waals surface area contributed by atoms with Crippen molar-refractivity contribution in [3.05, 3.63) is 26.9 Å². The van der Waals surface area contributed by atoms with Gasteiger partial charge in [-0.25, -0.2) is 15.0 Å². The molecule has 0 spiro atoms. The van der Waals surface area contributed by atoms with Gasteiger partial charge in [-0.2, -0.15) is 0 Å². The van der Waals surface area contributed by atoms with E-state index in [1.54, 1.807) is 0 Å². The van der Waals surface area contributed by atoms with Crippen molar-refractivity contribution in [2.75, 3.05) is 0 Å². The third kappa shape index (κ3) is 3.08. The Morgan fingerprint density at radius 1 is 1.33 bits per heavy atom. The lowest BCUT2D eigenvalue weighted by atomic mass is 10.0. The lowest BCUT2D eigenvalue weighted by Gasteiger charge is -2.14. The van der Waals surface area contributed by atoms with Gasteiger partial charge in [0.1, 0.15) is 10.8 Å². The molecule has 4 nitrogen and oxygen atoms in total. The van der Waals surface area contributed by atoms with Crippen LogP contribution < -0.4 is 0 Å². The van der Waals surface area contributed by atoms with Crippen LogP contribution in [0.15, 0.2) is 12.5 Å². The molecule has 21 heavy (non-hydrogen) atoms. The number of rotatable bonds is 4. The Bertz CT molecular complexity index is 635. The van der Waals surface area contributed by atoms with Crippen molar-refractivity contribution in [2.24, 2.45) is 0 Å². The number of imidazole rings is 1.